The first-order valence-electron chi connectivity index (χ1n) is 12.0. The van der Waals surface area contributed by atoms with Crippen molar-refractivity contribution in [1.29, 1.82) is 0 Å². The largest absolute Gasteiger partial charge is 0.496 e. The number of rotatable bonds is 8. The molecule has 0 bridgehead atoms. The van der Waals surface area contributed by atoms with Crippen LogP contribution < -0.4 is 4.74 Å². The second-order valence-electron chi connectivity index (χ2n) is 8.94. The number of likely N-dealkylation sites (tertiary alicyclic amines) is 1. The van der Waals surface area contributed by atoms with Crippen LogP contribution in [0.2, 0.25) is 0 Å². The second kappa shape index (κ2) is 11.8. The highest BCUT2D eigenvalue weighted by molar-refractivity contribution is 9.10. The molecule has 3 aromatic carbocycles. The van der Waals surface area contributed by atoms with Gasteiger partial charge in [0.25, 0.3) is 0 Å². The number of nitrogens with zero attached hydrogens (tertiary/aromatic N) is 1. The van der Waals surface area contributed by atoms with Crippen molar-refractivity contribution in [2.24, 2.45) is 5.41 Å². The Labute approximate surface area is 226 Å². The Bertz CT molecular complexity index is 1260. The highest BCUT2D eigenvalue weighted by atomic mass is 79.9. The lowest BCUT2D eigenvalue weighted by Crippen LogP contribution is -2.46. The van der Waals surface area contributed by atoms with Crippen LogP contribution in [0.4, 0.5) is 0 Å². The normalized spacial score (nSPS) is 19.0. The van der Waals surface area contributed by atoms with Gasteiger partial charge >= 0.3 is 11.9 Å². The first kappa shape index (κ1) is 26.6. The Balaban J connectivity index is 1.92. The highest BCUT2D eigenvalue weighted by Crippen LogP contribution is 2.53. The van der Waals surface area contributed by atoms with Crippen LogP contribution in [0, 0.1) is 5.41 Å². The predicted octanol–water partition coefficient (Wildman–Crippen LogP) is 5.82. The third kappa shape index (κ3) is 5.33. The van der Waals surface area contributed by atoms with Gasteiger partial charge in [0.1, 0.15) is 5.75 Å². The first-order chi connectivity index (χ1) is 17.9. The van der Waals surface area contributed by atoms with Crippen LogP contribution >= 0.6 is 15.9 Å². The summed E-state index contributed by atoms with van der Waals surface area (Å²) in [6, 6.07) is 24.4. The molecule has 0 saturated carbocycles. The van der Waals surface area contributed by atoms with Crippen molar-refractivity contribution in [2.75, 3.05) is 21.3 Å². The SMILES string of the molecule is COC(=O)C1(C(=O)OC)C[C@H](/C=C/c2ccccc2)N(Cc2ccccc2OC)[C@@H]1c1cccc(Br)c1. The van der Waals surface area contributed by atoms with Gasteiger partial charge in [-0.1, -0.05) is 88.7 Å². The van der Waals surface area contributed by atoms with Crippen molar-refractivity contribution in [3.8, 4) is 5.75 Å². The average Bonchev–Trinajstić information content (AvgIpc) is 3.26. The Morgan fingerprint density at radius 2 is 1.62 bits per heavy atom. The lowest BCUT2D eigenvalue weighted by Gasteiger charge is -2.35. The van der Waals surface area contributed by atoms with Gasteiger partial charge in [0, 0.05) is 22.6 Å². The zero-order valence-corrected chi connectivity index (χ0v) is 22.7. The fourth-order valence-corrected chi connectivity index (χ4v) is 5.64. The molecule has 3 aromatic rings. The minimum absolute atomic E-state index is 0.196. The molecular weight excluding hydrogens is 534 g/mol. The molecule has 2 atom stereocenters. The Hall–Kier alpha value is -3.42. The maximum absolute atomic E-state index is 13.5. The molecule has 0 aromatic heterocycles. The van der Waals surface area contributed by atoms with Gasteiger partial charge in [-0.25, -0.2) is 0 Å². The van der Waals surface area contributed by atoms with E-state index in [0.29, 0.717) is 6.54 Å². The van der Waals surface area contributed by atoms with E-state index in [1.807, 2.05) is 91.0 Å². The molecule has 7 heteroatoms. The van der Waals surface area contributed by atoms with E-state index in [9.17, 15) is 9.59 Å². The van der Waals surface area contributed by atoms with Crippen molar-refractivity contribution in [2.45, 2.75) is 25.0 Å². The number of carbonyl (C=O) groups is 2. The van der Waals surface area contributed by atoms with Crippen LogP contribution in [0.1, 0.15) is 29.2 Å². The zero-order chi connectivity index (χ0) is 26.4. The summed E-state index contributed by atoms with van der Waals surface area (Å²) in [5.41, 5.74) is 1.19. The number of hydrogen-bond donors (Lipinski definition) is 0. The fraction of sp³-hybridized carbons (Fsp3) is 0.267. The molecule has 1 heterocycles. The van der Waals surface area contributed by atoms with Crippen LogP contribution in [0.5, 0.6) is 5.75 Å². The van der Waals surface area contributed by atoms with Gasteiger partial charge in [0.05, 0.1) is 27.4 Å². The van der Waals surface area contributed by atoms with E-state index in [0.717, 1.165) is 26.9 Å². The number of para-hydroxylation sites is 1. The first-order valence-corrected chi connectivity index (χ1v) is 12.8. The van der Waals surface area contributed by atoms with E-state index in [2.05, 4.69) is 20.8 Å². The Kier molecular flexibility index (Phi) is 8.46. The van der Waals surface area contributed by atoms with Crippen molar-refractivity contribution in [1.82, 2.24) is 4.90 Å². The second-order valence-corrected chi connectivity index (χ2v) is 9.85. The van der Waals surface area contributed by atoms with Crippen molar-refractivity contribution < 1.29 is 23.8 Å². The summed E-state index contributed by atoms with van der Waals surface area (Å²) in [6.45, 7) is 0.431. The van der Waals surface area contributed by atoms with Gasteiger partial charge in [-0.3, -0.25) is 14.5 Å². The maximum Gasteiger partial charge on any atom is 0.325 e. The molecule has 37 heavy (non-hydrogen) atoms. The van der Waals surface area contributed by atoms with E-state index in [-0.39, 0.29) is 12.5 Å². The number of halogens is 1. The van der Waals surface area contributed by atoms with Crippen molar-refractivity contribution in [3.63, 3.8) is 0 Å². The molecule has 1 fully saturated rings. The molecular formula is C30H30BrNO5. The summed E-state index contributed by atoms with van der Waals surface area (Å²) in [5, 5.41) is 0. The van der Waals surface area contributed by atoms with Crippen LogP contribution in [-0.4, -0.2) is 44.2 Å². The molecule has 0 unspecified atom stereocenters. The molecule has 0 aliphatic carbocycles. The van der Waals surface area contributed by atoms with Crippen molar-refractivity contribution in [3.05, 3.63) is 106 Å². The number of carbonyl (C=O) groups excluding carboxylic acids is 2. The van der Waals surface area contributed by atoms with Crippen LogP contribution in [0.3, 0.4) is 0 Å². The third-order valence-electron chi connectivity index (χ3n) is 6.88. The summed E-state index contributed by atoms with van der Waals surface area (Å²) in [5.74, 6) is -0.509. The number of ether oxygens (including phenoxy) is 3. The number of benzene rings is 3. The molecule has 1 aliphatic heterocycles. The quantitative estimate of drug-likeness (QED) is 0.254. The van der Waals surface area contributed by atoms with E-state index >= 15 is 0 Å². The topological polar surface area (TPSA) is 65.1 Å². The van der Waals surface area contributed by atoms with E-state index in [4.69, 9.17) is 14.2 Å². The minimum atomic E-state index is -1.57. The smallest absolute Gasteiger partial charge is 0.325 e. The number of methoxy groups -OCH3 is 3. The van der Waals surface area contributed by atoms with E-state index < -0.39 is 23.4 Å². The summed E-state index contributed by atoms with van der Waals surface area (Å²) in [7, 11) is 4.25. The van der Waals surface area contributed by atoms with Crippen LogP contribution in [-0.2, 0) is 25.6 Å². The monoisotopic (exact) mass is 563 g/mol. The molecule has 192 valence electrons. The Morgan fingerprint density at radius 1 is 0.946 bits per heavy atom. The van der Waals surface area contributed by atoms with Gasteiger partial charge < -0.3 is 14.2 Å². The van der Waals surface area contributed by atoms with Gasteiger partial charge in [-0.15, -0.1) is 0 Å². The lowest BCUT2D eigenvalue weighted by atomic mass is 9.76. The summed E-state index contributed by atoms with van der Waals surface area (Å²) < 4.78 is 17.0. The number of hydrogen-bond acceptors (Lipinski definition) is 6. The highest BCUT2D eigenvalue weighted by Gasteiger charge is 2.63. The molecule has 1 saturated heterocycles. The lowest BCUT2D eigenvalue weighted by molar-refractivity contribution is -0.171. The predicted molar refractivity (Wildman–Crippen MR) is 146 cm³/mol. The van der Waals surface area contributed by atoms with Crippen LogP contribution in [0.15, 0.2) is 89.4 Å². The summed E-state index contributed by atoms with van der Waals surface area (Å²) in [6.07, 6.45) is 4.26. The van der Waals surface area contributed by atoms with Gasteiger partial charge in [-0.05, 0) is 35.7 Å². The summed E-state index contributed by atoms with van der Waals surface area (Å²) >= 11 is 3.56. The van der Waals surface area contributed by atoms with Gasteiger partial charge in [0.2, 0.25) is 0 Å². The standard InChI is InChI=1S/C30H30BrNO5/c1-35-26-15-8-7-12-23(26)20-32-25(17-16-21-10-5-4-6-11-21)19-30(28(33)36-2,29(34)37-3)27(32)22-13-9-14-24(31)18-22/h4-18,25,27H,19-20H2,1-3H3/b17-16+/t25-,27+/m0/s1. The van der Waals surface area contributed by atoms with E-state index in [1.165, 1.54) is 14.2 Å². The van der Waals surface area contributed by atoms with Crippen molar-refractivity contribution >= 4 is 33.9 Å². The molecule has 0 amide bonds. The Morgan fingerprint density at radius 3 is 2.27 bits per heavy atom. The molecule has 6 nitrogen and oxygen atoms in total. The average molecular weight is 564 g/mol. The molecule has 0 spiro atoms. The van der Waals surface area contributed by atoms with Crippen LogP contribution in [0.25, 0.3) is 6.08 Å². The molecule has 0 radical (unpaired) electrons. The zero-order valence-electron chi connectivity index (χ0n) is 21.1. The molecule has 0 N–H and O–H groups in total. The maximum atomic E-state index is 13.5. The number of esters is 2. The fourth-order valence-electron chi connectivity index (χ4n) is 5.23. The van der Waals surface area contributed by atoms with Gasteiger partial charge in [0.15, 0.2) is 5.41 Å². The van der Waals surface area contributed by atoms with E-state index in [1.54, 1.807) is 7.11 Å². The molecule has 4 rings (SSSR count). The molecule has 1 aliphatic rings. The van der Waals surface area contributed by atoms with Gasteiger partial charge in [-0.2, -0.15) is 0 Å². The third-order valence-corrected chi connectivity index (χ3v) is 7.37. The summed E-state index contributed by atoms with van der Waals surface area (Å²) in [4.78, 5) is 29.2. The minimum Gasteiger partial charge on any atom is -0.496 e.